The Morgan fingerprint density at radius 1 is 1.21 bits per heavy atom. The van der Waals surface area contributed by atoms with Gasteiger partial charge in [0.2, 0.25) is 17.9 Å². The maximum atomic E-state index is 13.8. The first kappa shape index (κ1) is 34.3. The molecule has 0 radical (unpaired) electrons. The van der Waals surface area contributed by atoms with Crippen molar-refractivity contribution in [3.8, 4) is 11.4 Å². The van der Waals surface area contributed by atoms with Crippen LogP contribution in [-0.4, -0.2) is 67.9 Å². The summed E-state index contributed by atoms with van der Waals surface area (Å²) < 4.78 is 12.6. The van der Waals surface area contributed by atoms with E-state index >= 15 is 0 Å². The number of ether oxygens (including phenoxy) is 2. The number of cyclic esters (lactones) is 1. The molecule has 2 aromatic rings. The van der Waals surface area contributed by atoms with Crippen LogP contribution in [-0.2, 0) is 53.0 Å². The minimum atomic E-state index is -1.56. The summed E-state index contributed by atoms with van der Waals surface area (Å²) in [6.07, 6.45) is 4.91. The number of allylic oxidation sites excluding steroid dienone is 1. The number of fused-ring (bicyclic) bond motifs is 4. The minimum absolute atomic E-state index is 0.186. The van der Waals surface area contributed by atoms with Gasteiger partial charge in [-0.3, -0.25) is 19.2 Å². The molecule has 5 heterocycles. The normalized spacial score (nSPS) is 18.6. The second-order valence-electron chi connectivity index (χ2n) is 12.4. The molecule has 254 valence electrons. The Kier molecular flexibility index (Phi) is 9.97. The van der Waals surface area contributed by atoms with Crippen molar-refractivity contribution in [1.29, 1.82) is 0 Å². The third-order valence-electron chi connectivity index (χ3n) is 9.10. The fourth-order valence-corrected chi connectivity index (χ4v) is 6.69. The van der Waals surface area contributed by atoms with Gasteiger partial charge in [0.25, 0.3) is 5.56 Å². The monoisotopic (exact) mass is 660 g/mol. The second-order valence-corrected chi connectivity index (χ2v) is 12.4. The van der Waals surface area contributed by atoms with Crippen molar-refractivity contribution in [3.63, 3.8) is 0 Å². The molecule has 2 aromatic heterocycles. The van der Waals surface area contributed by atoms with E-state index in [-0.39, 0.29) is 42.7 Å². The number of nitrogens with zero attached hydrogens (tertiary/aromatic N) is 3. The lowest BCUT2D eigenvalue weighted by molar-refractivity contribution is -0.173. The quantitative estimate of drug-likeness (QED) is 0.291. The molecule has 13 heteroatoms. The third-order valence-corrected chi connectivity index (χ3v) is 9.10. The van der Waals surface area contributed by atoms with Crippen molar-refractivity contribution in [2.24, 2.45) is 5.92 Å². The van der Waals surface area contributed by atoms with Crippen molar-refractivity contribution in [1.82, 2.24) is 19.8 Å². The standard InChI is InChI=1S/C35H40N4O9/c1-6-10-24-20(8-3)19(7-2)22-16-39-26(30(22)36-24)15-21-23(33(39)44)17-47-35(46)31(21)48-34(45)29(18(4)5)37-32(43)25-11-9-14-38(25)27(40)12-13-28(41)42/h6,8,10,15,18,25,29,31H,3,7,9,11-14,16-17H2,1-2,4-5H3,(H,37,43)(H,41,42)/b10-6-. The number of carbonyl (C=O) groups excluding carboxylic acids is 4. The predicted octanol–water partition coefficient (Wildman–Crippen LogP) is 3.15. The average molecular weight is 661 g/mol. The number of nitrogens with one attached hydrogen (secondary N) is 1. The van der Waals surface area contributed by atoms with E-state index in [1.54, 1.807) is 30.6 Å². The Labute approximate surface area is 277 Å². The molecule has 2 N–H and O–H groups in total. The molecule has 0 bridgehead atoms. The lowest BCUT2D eigenvalue weighted by Crippen LogP contribution is -2.53. The molecule has 5 rings (SSSR count). The highest BCUT2D eigenvalue weighted by Gasteiger charge is 2.41. The molecule has 3 aliphatic rings. The molecule has 1 saturated heterocycles. The number of hydrogen-bond acceptors (Lipinski definition) is 9. The van der Waals surface area contributed by atoms with Crippen molar-refractivity contribution in [2.75, 3.05) is 6.54 Å². The van der Waals surface area contributed by atoms with Crippen LogP contribution in [0.1, 0.15) is 93.0 Å². The summed E-state index contributed by atoms with van der Waals surface area (Å²) in [6.45, 7) is 11.5. The van der Waals surface area contributed by atoms with E-state index in [2.05, 4.69) is 11.9 Å². The highest BCUT2D eigenvalue weighted by molar-refractivity contribution is 5.92. The first-order chi connectivity index (χ1) is 22.9. The van der Waals surface area contributed by atoms with E-state index in [1.165, 1.54) is 4.90 Å². The van der Waals surface area contributed by atoms with Crippen LogP contribution < -0.4 is 10.9 Å². The zero-order valence-corrected chi connectivity index (χ0v) is 27.5. The van der Waals surface area contributed by atoms with Crippen molar-refractivity contribution < 1.29 is 38.6 Å². The van der Waals surface area contributed by atoms with Gasteiger partial charge in [-0.05, 0) is 49.8 Å². The van der Waals surface area contributed by atoms with Crippen LogP contribution in [0.15, 0.2) is 23.5 Å². The summed E-state index contributed by atoms with van der Waals surface area (Å²) in [5.74, 6) is -4.39. The summed E-state index contributed by atoms with van der Waals surface area (Å²) in [5.41, 5.74) is 4.57. The van der Waals surface area contributed by atoms with Crippen molar-refractivity contribution >= 4 is 41.9 Å². The van der Waals surface area contributed by atoms with E-state index < -0.39 is 53.8 Å². The van der Waals surface area contributed by atoms with Gasteiger partial charge >= 0.3 is 17.9 Å². The highest BCUT2D eigenvalue weighted by atomic mass is 16.6. The number of pyridine rings is 2. The fourth-order valence-electron chi connectivity index (χ4n) is 6.69. The molecule has 3 unspecified atom stereocenters. The molecule has 3 aliphatic heterocycles. The lowest BCUT2D eigenvalue weighted by Gasteiger charge is -2.29. The molecule has 0 aromatic carbocycles. The van der Waals surface area contributed by atoms with Gasteiger partial charge in [0.1, 0.15) is 18.7 Å². The van der Waals surface area contributed by atoms with Gasteiger partial charge in [-0.2, -0.15) is 0 Å². The predicted molar refractivity (Wildman–Crippen MR) is 174 cm³/mol. The van der Waals surface area contributed by atoms with E-state index in [1.807, 2.05) is 26.0 Å². The number of esters is 2. The molecule has 13 nitrogen and oxygen atoms in total. The number of amides is 2. The van der Waals surface area contributed by atoms with Gasteiger partial charge in [-0.15, -0.1) is 0 Å². The van der Waals surface area contributed by atoms with Crippen LogP contribution in [0.3, 0.4) is 0 Å². The average Bonchev–Trinajstić information content (AvgIpc) is 3.69. The van der Waals surface area contributed by atoms with E-state index in [9.17, 15) is 28.8 Å². The summed E-state index contributed by atoms with van der Waals surface area (Å²) in [6, 6.07) is -0.418. The number of likely N-dealkylation sites (tertiary alicyclic amines) is 1. The Morgan fingerprint density at radius 2 is 1.96 bits per heavy atom. The number of rotatable bonds is 11. The first-order valence-electron chi connectivity index (χ1n) is 16.2. The lowest BCUT2D eigenvalue weighted by atomic mass is 9.95. The van der Waals surface area contributed by atoms with Crippen LogP contribution >= 0.6 is 0 Å². The maximum absolute atomic E-state index is 13.8. The first-order valence-corrected chi connectivity index (χ1v) is 16.2. The third kappa shape index (κ3) is 6.28. The number of hydrogen-bond donors (Lipinski definition) is 2. The van der Waals surface area contributed by atoms with Gasteiger partial charge in [0.05, 0.1) is 35.6 Å². The second kappa shape index (κ2) is 14.0. The number of carbonyl (C=O) groups is 5. The van der Waals surface area contributed by atoms with E-state index in [0.29, 0.717) is 42.9 Å². The van der Waals surface area contributed by atoms with Gasteiger partial charge in [0.15, 0.2) is 0 Å². The largest absolute Gasteiger partial charge is 0.481 e. The summed E-state index contributed by atoms with van der Waals surface area (Å²) in [7, 11) is 0. The molecule has 2 amide bonds. The molecular weight excluding hydrogens is 620 g/mol. The number of carboxylic acids is 1. The Morgan fingerprint density at radius 3 is 2.60 bits per heavy atom. The maximum Gasteiger partial charge on any atom is 0.352 e. The molecule has 3 atom stereocenters. The van der Waals surface area contributed by atoms with Crippen LogP contribution in [0, 0.1) is 5.92 Å². The molecular formula is C35H40N4O9. The van der Waals surface area contributed by atoms with Crippen LogP contribution in [0.2, 0.25) is 0 Å². The molecule has 0 aliphatic carbocycles. The van der Waals surface area contributed by atoms with Crippen LogP contribution in [0.5, 0.6) is 0 Å². The minimum Gasteiger partial charge on any atom is -0.481 e. The summed E-state index contributed by atoms with van der Waals surface area (Å²) in [5, 5.41) is 11.6. The van der Waals surface area contributed by atoms with Gasteiger partial charge in [-0.25, -0.2) is 14.6 Å². The molecule has 1 fully saturated rings. The van der Waals surface area contributed by atoms with E-state index in [4.69, 9.17) is 19.6 Å². The van der Waals surface area contributed by atoms with Crippen LogP contribution in [0.25, 0.3) is 23.5 Å². The fraction of sp³-hybridized carbons (Fsp3) is 0.457. The number of aromatic nitrogens is 2. The van der Waals surface area contributed by atoms with Gasteiger partial charge in [0, 0.05) is 29.7 Å². The van der Waals surface area contributed by atoms with Gasteiger partial charge < -0.3 is 29.4 Å². The summed E-state index contributed by atoms with van der Waals surface area (Å²) in [4.78, 5) is 83.7. The number of aliphatic carboxylic acids is 1. The van der Waals surface area contributed by atoms with Crippen LogP contribution in [0.4, 0.5) is 0 Å². The Bertz CT molecular complexity index is 1790. The zero-order valence-electron chi connectivity index (χ0n) is 27.5. The Balaban J connectivity index is 1.44. The molecule has 48 heavy (non-hydrogen) atoms. The Hall–Kier alpha value is -5.07. The molecule has 0 spiro atoms. The van der Waals surface area contributed by atoms with Gasteiger partial charge in [-0.1, -0.05) is 39.5 Å². The smallest absolute Gasteiger partial charge is 0.352 e. The number of carboxylic acid groups (broad SMARTS) is 1. The SMILES string of the molecule is C=Cc1c(/C=C\C)nc2c(c1CC)Cn1c-2cc2c(c1=O)COC(=O)C2OC(=O)C(NC(=O)C1CCCN1C(=O)CCC(=O)O)C(C)C. The zero-order chi connectivity index (χ0) is 34.9. The van der Waals surface area contributed by atoms with Crippen molar-refractivity contribution in [2.45, 2.75) is 91.1 Å². The van der Waals surface area contributed by atoms with E-state index in [0.717, 1.165) is 16.7 Å². The summed E-state index contributed by atoms with van der Waals surface area (Å²) >= 11 is 0. The topological polar surface area (TPSA) is 174 Å². The molecule has 0 saturated carbocycles. The van der Waals surface area contributed by atoms with Crippen molar-refractivity contribution in [3.05, 3.63) is 62.6 Å². The highest BCUT2D eigenvalue weighted by Crippen LogP contribution is 2.38.